The van der Waals surface area contributed by atoms with E-state index in [1.807, 2.05) is 18.2 Å². The quantitative estimate of drug-likeness (QED) is 0.770. The predicted octanol–water partition coefficient (Wildman–Crippen LogP) is 0.976. The maximum absolute atomic E-state index is 11.4. The highest BCUT2D eigenvalue weighted by molar-refractivity contribution is 5.69. The van der Waals surface area contributed by atoms with Gasteiger partial charge in [0.15, 0.2) is 0 Å². The van der Waals surface area contributed by atoms with E-state index in [4.69, 9.17) is 9.84 Å². The number of amides is 1. The van der Waals surface area contributed by atoms with Crippen molar-refractivity contribution >= 4 is 6.09 Å². The molecule has 20 heavy (non-hydrogen) atoms. The molecule has 5 heteroatoms. The fourth-order valence-electron chi connectivity index (χ4n) is 2.30. The van der Waals surface area contributed by atoms with E-state index in [1.54, 1.807) is 4.90 Å². The Bertz CT molecular complexity index is 411. The van der Waals surface area contributed by atoms with Crippen LogP contribution in [-0.2, 0) is 11.2 Å². The lowest BCUT2D eigenvalue weighted by Gasteiger charge is -2.23. The minimum atomic E-state index is -0.225. The Kier molecular flexibility index (Phi) is 5.83. The van der Waals surface area contributed by atoms with Gasteiger partial charge in [0.2, 0.25) is 0 Å². The van der Waals surface area contributed by atoms with E-state index in [2.05, 4.69) is 17.0 Å². The molecule has 0 radical (unpaired) electrons. The van der Waals surface area contributed by atoms with E-state index in [0.717, 1.165) is 19.5 Å². The van der Waals surface area contributed by atoms with Gasteiger partial charge in [0, 0.05) is 26.2 Å². The SMILES string of the molecule is O=C1OCCN1CCN(CCO)CCc1ccccc1. The molecule has 1 aromatic carbocycles. The molecule has 1 amide bonds. The molecule has 0 saturated carbocycles. The summed E-state index contributed by atoms with van der Waals surface area (Å²) in [6, 6.07) is 10.3. The number of cyclic esters (lactones) is 1. The summed E-state index contributed by atoms with van der Waals surface area (Å²) < 4.78 is 4.91. The molecule has 0 aromatic heterocycles. The van der Waals surface area contributed by atoms with Crippen molar-refractivity contribution in [2.24, 2.45) is 0 Å². The molecule has 0 spiro atoms. The molecular weight excluding hydrogens is 256 g/mol. The van der Waals surface area contributed by atoms with Gasteiger partial charge in [0.25, 0.3) is 0 Å². The van der Waals surface area contributed by atoms with Gasteiger partial charge in [0.1, 0.15) is 6.61 Å². The summed E-state index contributed by atoms with van der Waals surface area (Å²) in [7, 11) is 0. The maximum atomic E-state index is 11.4. The minimum absolute atomic E-state index is 0.138. The third-order valence-corrected chi connectivity index (χ3v) is 3.51. The lowest BCUT2D eigenvalue weighted by molar-refractivity contribution is 0.149. The van der Waals surface area contributed by atoms with Crippen LogP contribution in [0.4, 0.5) is 4.79 Å². The molecule has 1 fully saturated rings. The van der Waals surface area contributed by atoms with Crippen LogP contribution in [0.15, 0.2) is 30.3 Å². The summed E-state index contributed by atoms with van der Waals surface area (Å²) in [5.74, 6) is 0. The first-order chi connectivity index (χ1) is 9.79. The second kappa shape index (κ2) is 7.87. The van der Waals surface area contributed by atoms with Crippen molar-refractivity contribution < 1.29 is 14.6 Å². The molecule has 2 rings (SSSR count). The highest BCUT2D eigenvalue weighted by Gasteiger charge is 2.21. The highest BCUT2D eigenvalue weighted by atomic mass is 16.6. The summed E-state index contributed by atoms with van der Waals surface area (Å²) >= 11 is 0. The lowest BCUT2D eigenvalue weighted by atomic mass is 10.1. The zero-order valence-corrected chi connectivity index (χ0v) is 11.7. The van der Waals surface area contributed by atoms with Gasteiger partial charge in [-0.3, -0.25) is 4.90 Å². The zero-order valence-electron chi connectivity index (χ0n) is 11.7. The minimum Gasteiger partial charge on any atom is -0.448 e. The molecule has 1 heterocycles. The smallest absolute Gasteiger partial charge is 0.409 e. The van der Waals surface area contributed by atoms with Crippen molar-refractivity contribution in [2.75, 3.05) is 45.9 Å². The standard InChI is InChI=1S/C15H22N2O3/c18-12-10-16(7-6-14-4-2-1-3-5-14)8-9-17-11-13-20-15(17)19/h1-5,18H,6-13H2. The van der Waals surface area contributed by atoms with Gasteiger partial charge < -0.3 is 14.7 Å². The predicted molar refractivity (Wildman–Crippen MR) is 76.6 cm³/mol. The van der Waals surface area contributed by atoms with Gasteiger partial charge >= 0.3 is 6.09 Å². The number of rotatable bonds is 8. The van der Waals surface area contributed by atoms with Crippen LogP contribution in [0.2, 0.25) is 0 Å². The molecule has 110 valence electrons. The summed E-state index contributed by atoms with van der Waals surface area (Å²) in [4.78, 5) is 15.3. The van der Waals surface area contributed by atoms with Crippen LogP contribution >= 0.6 is 0 Å². The summed E-state index contributed by atoms with van der Waals surface area (Å²) in [6.07, 6.45) is 0.725. The first kappa shape index (κ1) is 14.8. The summed E-state index contributed by atoms with van der Waals surface area (Å²) in [5, 5.41) is 9.13. The normalized spacial score (nSPS) is 14.9. The molecule has 1 saturated heterocycles. The third kappa shape index (κ3) is 4.51. The van der Waals surface area contributed by atoms with Crippen molar-refractivity contribution in [3.8, 4) is 0 Å². The molecule has 0 atom stereocenters. The lowest BCUT2D eigenvalue weighted by Crippen LogP contribution is -2.38. The Morgan fingerprint density at radius 2 is 2.00 bits per heavy atom. The topological polar surface area (TPSA) is 53.0 Å². The molecule has 1 aromatic rings. The number of aliphatic hydroxyl groups is 1. The second-order valence-electron chi connectivity index (χ2n) is 4.90. The third-order valence-electron chi connectivity index (χ3n) is 3.51. The number of carbonyl (C=O) groups excluding carboxylic acids is 1. The van der Waals surface area contributed by atoms with Gasteiger partial charge in [-0.1, -0.05) is 30.3 Å². The Balaban J connectivity index is 1.76. The average Bonchev–Trinajstić information content (AvgIpc) is 2.88. The number of hydrogen-bond donors (Lipinski definition) is 1. The van der Waals surface area contributed by atoms with Crippen molar-refractivity contribution in [1.29, 1.82) is 0 Å². The van der Waals surface area contributed by atoms with E-state index in [9.17, 15) is 4.79 Å². The first-order valence-electron chi connectivity index (χ1n) is 7.08. The van der Waals surface area contributed by atoms with Crippen molar-refractivity contribution in [1.82, 2.24) is 9.80 Å². The summed E-state index contributed by atoms with van der Waals surface area (Å²) in [5.41, 5.74) is 1.29. The highest BCUT2D eigenvalue weighted by Crippen LogP contribution is 2.05. The largest absolute Gasteiger partial charge is 0.448 e. The maximum Gasteiger partial charge on any atom is 0.409 e. The molecule has 0 bridgehead atoms. The first-order valence-corrected chi connectivity index (χ1v) is 7.08. The van der Waals surface area contributed by atoms with Crippen LogP contribution in [0, 0.1) is 0 Å². The van der Waals surface area contributed by atoms with Gasteiger partial charge in [-0.2, -0.15) is 0 Å². The van der Waals surface area contributed by atoms with Crippen LogP contribution in [0.5, 0.6) is 0 Å². The number of ether oxygens (including phenoxy) is 1. The van der Waals surface area contributed by atoms with Crippen LogP contribution in [0.3, 0.4) is 0 Å². The Hall–Kier alpha value is -1.59. The summed E-state index contributed by atoms with van der Waals surface area (Å²) in [6.45, 7) is 4.24. The van der Waals surface area contributed by atoms with Crippen molar-refractivity contribution in [2.45, 2.75) is 6.42 Å². The van der Waals surface area contributed by atoms with Crippen LogP contribution in [-0.4, -0.2) is 66.9 Å². The molecular formula is C15H22N2O3. The number of aliphatic hydroxyl groups excluding tert-OH is 1. The van der Waals surface area contributed by atoms with Gasteiger partial charge in [0.05, 0.1) is 13.2 Å². The van der Waals surface area contributed by atoms with Gasteiger partial charge in [-0.15, -0.1) is 0 Å². The van der Waals surface area contributed by atoms with E-state index in [-0.39, 0.29) is 12.7 Å². The van der Waals surface area contributed by atoms with Gasteiger partial charge in [-0.05, 0) is 12.0 Å². The van der Waals surface area contributed by atoms with E-state index >= 15 is 0 Å². The number of benzene rings is 1. The molecule has 0 aliphatic carbocycles. The van der Waals surface area contributed by atoms with Gasteiger partial charge in [-0.25, -0.2) is 4.79 Å². The fraction of sp³-hybridized carbons (Fsp3) is 0.533. The molecule has 5 nitrogen and oxygen atoms in total. The molecule has 0 unspecified atom stereocenters. The molecule has 1 N–H and O–H groups in total. The number of nitrogens with zero attached hydrogens (tertiary/aromatic N) is 2. The average molecular weight is 278 g/mol. The van der Waals surface area contributed by atoms with Crippen molar-refractivity contribution in [3.63, 3.8) is 0 Å². The Labute approximate surface area is 119 Å². The number of carbonyl (C=O) groups is 1. The second-order valence-corrected chi connectivity index (χ2v) is 4.90. The molecule has 1 aliphatic rings. The number of hydrogen-bond acceptors (Lipinski definition) is 4. The Morgan fingerprint density at radius 1 is 1.20 bits per heavy atom. The van der Waals surface area contributed by atoms with Crippen molar-refractivity contribution in [3.05, 3.63) is 35.9 Å². The van der Waals surface area contributed by atoms with Crippen LogP contribution in [0.1, 0.15) is 5.56 Å². The van der Waals surface area contributed by atoms with E-state index < -0.39 is 0 Å². The zero-order chi connectivity index (χ0) is 14.2. The van der Waals surface area contributed by atoms with Crippen LogP contribution < -0.4 is 0 Å². The fourth-order valence-corrected chi connectivity index (χ4v) is 2.30. The molecule has 1 aliphatic heterocycles. The van der Waals surface area contributed by atoms with Crippen LogP contribution in [0.25, 0.3) is 0 Å². The monoisotopic (exact) mass is 278 g/mol. The van der Waals surface area contributed by atoms with E-state index in [1.165, 1.54) is 5.56 Å². The van der Waals surface area contributed by atoms with E-state index in [0.29, 0.717) is 26.2 Å². The Morgan fingerprint density at radius 3 is 2.65 bits per heavy atom.